The molecule has 0 fully saturated rings. The van der Waals surface area contributed by atoms with Crippen LogP contribution in [0.2, 0.25) is 0 Å². The van der Waals surface area contributed by atoms with Crippen molar-refractivity contribution in [1.29, 1.82) is 0 Å². The molecule has 1 nitrogen and oxygen atoms in total. The fraction of sp³-hybridized carbons (Fsp3) is 0.0526. The second-order valence-corrected chi connectivity index (χ2v) is 6.07. The van der Waals surface area contributed by atoms with Gasteiger partial charge in [-0.2, -0.15) is 0 Å². The molecule has 0 saturated heterocycles. The smallest absolute Gasteiger partial charge is 0.0685 e. The molecule has 0 unspecified atom stereocenters. The summed E-state index contributed by atoms with van der Waals surface area (Å²) < 4.78 is 3.50. The summed E-state index contributed by atoms with van der Waals surface area (Å²) in [4.78, 5) is 0. The average molecular weight is 336 g/mol. The number of rotatable bonds is 1. The molecular formula is C19H14BrN. The van der Waals surface area contributed by atoms with Gasteiger partial charge in [0.15, 0.2) is 0 Å². The molecule has 102 valence electrons. The molecule has 4 aromatic rings. The van der Waals surface area contributed by atoms with Crippen molar-refractivity contribution in [3.8, 4) is 5.69 Å². The summed E-state index contributed by atoms with van der Waals surface area (Å²) in [5.74, 6) is 0. The second kappa shape index (κ2) is 4.74. The summed E-state index contributed by atoms with van der Waals surface area (Å²) in [7, 11) is 0. The lowest BCUT2D eigenvalue weighted by Crippen LogP contribution is -1.94. The van der Waals surface area contributed by atoms with E-state index >= 15 is 0 Å². The number of hydrogen-bond donors (Lipinski definition) is 0. The summed E-state index contributed by atoms with van der Waals surface area (Å²) in [5.41, 5.74) is 4.92. The quantitative estimate of drug-likeness (QED) is 0.411. The third-order valence-electron chi connectivity index (χ3n) is 3.98. The zero-order chi connectivity index (χ0) is 14.4. The van der Waals surface area contributed by atoms with Gasteiger partial charge in [0.2, 0.25) is 0 Å². The topological polar surface area (TPSA) is 4.93 Å². The Morgan fingerprint density at radius 1 is 0.762 bits per heavy atom. The third-order valence-corrected chi connectivity index (χ3v) is 4.98. The van der Waals surface area contributed by atoms with E-state index in [0.717, 1.165) is 0 Å². The lowest BCUT2D eigenvalue weighted by Gasteiger charge is -2.09. The van der Waals surface area contributed by atoms with Crippen LogP contribution in [0.3, 0.4) is 0 Å². The zero-order valence-electron chi connectivity index (χ0n) is 11.7. The van der Waals surface area contributed by atoms with E-state index in [4.69, 9.17) is 0 Å². The summed E-state index contributed by atoms with van der Waals surface area (Å²) in [5, 5.41) is 2.57. The van der Waals surface area contributed by atoms with Crippen LogP contribution in [0.5, 0.6) is 0 Å². The largest absolute Gasteiger partial charge is 0.308 e. The molecule has 0 aliphatic rings. The van der Waals surface area contributed by atoms with Crippen LogP contribution in [0.4, 0.5) is 0 Å². The maximum Gasteiger partial charge on any atom is 0.0685 e. The predicted molar refractivity (Wildman–Crippen MR) is 93.2 cm³/mol. The Morgan fingerprint density at radius 2 is 1.48 bits per heavy atom. The average Bonchev–Trinajstić information content (AvgIpc) is 2.87. The van der Waals surface area contributed by atoms with Gasteiger partial charge in [0, 0.05) is 20.9 Å². The Labute approximate surface area is 132 Å². The molecule has 4 rings (SSSR count). The highest BCUT2D eigenvalue weighted by atomic mass is 79.9. The van der Waals surface area contributed by atoms with Gasteiger partial charge in [-0.15, -0.1) is 0 Å². The molecule has 0 N–H and O–H groups in total. The van der Waals surface area contributed by atoms with Gasteiger partial charge in [0.25, 0.3) is 0 Å². The van der Waals surface area contributed by atoms with Gasteiger partial charge >= 0.3 is 0 Å². The summed E-state index contributed by atoms with van der Waals surface area (Å²) in [6.45, 7) is 2.14. The highest BCUT2D eigenvalue weighted by Gasteiger charge is 2.14. The number of halogens is 1. The highest BCUT2D eigenvalue weighted by Crippen LogP contribution is 2.37. The normalized spacial score (nSPS) is 11.3. The van der Waals surface area contributed by atoms with Crippen molar-refractivity contribution in [1.82, 2.24) is 4.57 Å². The standard InChI is InChI=1S/C19H14BrN/c1-13-11-12-16-15-9-5-6-10-17(15)21(19(16)18(13)20)14-7-3-2-4-8-14/h2-12H,1H3. The van der Waals surface area contributed by atoms with E-state index in [1.807, 2.05) is 0 Å². The summed E-state index contributed by atoms with van der Waals surface area (Å²) in [6, 6.07) is 23.5. The number of hydrogen-bond acceptors (Lipinski definition) is 0. The molecule has 1 aromatic heterocycles. The molecule has 0 atom stereocenters. The predicted octanol–water partition coefficient (Wildman–Crippen LogP) is 5.85. The van der Waals surface area contributed by atoms with Crippen molar-refractivity contribution in [2.24, 2.45) is 0 Å². The van der Waals surface area contributed by atoms with E-state index in [2.05, 4.69) is 94.2 Å². The van der Waals surface area contributed by atoms with Crippen molar-refractivity contribution in [2.45, 2.75) is 6.92 Å². The Kier molecular flexibility index (Phi) is 2.86. The van der Waals surface area contributed by atoms with Crippen LogP contribution >= 0.6 is 15.9 Å². The van der Waals surface area contributed by atoms with E-state index < -0.39 is 0 Å². The van der Waals surface area contributed by atoms with Gasteiger partial charge in [-0.3, -0.25) is 0 Å². The van der Waals surface area contributed by atoms with Gasteiger partial charge in [-0.25, -0.2) is 0 Å². The van der Waals surface area contributed by atoms with Crippen LogP contribution in [0, 0.1) is 6.92 Å². The lowest BCUT2D eigenvalue weighted by atomic mass is 10.1. The van der Waals surface area contributed by atoms with Gasteiger partial charge in [0.05, 0.1) is 11.0 Å². The fourth-order valence-corrected chi connectivity index (χ4v) is 3.49. The first-order valence-electron chi connectivity index (χ1n) is 7.01. The first-order chi connectivity index (χ1) is 10.3. The SMILES string of the molecule is Cc1ccc2c3ccccc3n(-c3ccccc3)c2c1Br. The second-order valence-electron chi connectivity index (χ2n) is 5.28. The Hall–Kier alpha value is -2.06. The van der Waals surface area contributed by atoms with Gasteiger partial charge in [-0.1, -0.05) is 48.5 Å². The maximum atomic E-state index is 3.79. The molecule has 21 heavy (non-hydrogen) atoms. The van der Waals surface area contributed by atoms with Crippen molar-refractivity contribution < 1.29 is 0 Å². The number of nitrogens with zero attached hydrogens (tertiary/aromatic N) is 1. The molecule has 0 radical (unpaired) electrons. The molecule has 0 aliphatic carbocycles. The van der Waals surface area contributed by atoms with Gasteiger partial charge in [-0.05, 0) is 46.6 Å². The van der Waals surface area contributed by atoms with Crippen molar-refractivity contribution in [2.75, 3.05) is 0 Å². The van der Waals surface area contributed by atoms with Crippen LogP contribution in [0.1, 0.15) is 5.56 Å². The van der Waals surface area contributed by atoms with E-state index in [1.54, 1.807) is 0 Å². The highest BCUT2D eigenvalue weighted by molar-refractivity contribution is 9.10. The molecule has 2 heteroatoms. The van der Waals surface area contributed by atoms with E-state index in [1.165, 1.54) is 37.5 Å². The molecule has 0 aliphatic heterocycles. The zero-order valence-corrected chi connectivity index (χ0v) is 13.3. The molecule has 0 amide bonds. The monoisotopic (exact) mass is 335 g/mol. The van der Waals surface area contributed by atoms with Crippen LogP contribution in [0.15, 0.2) is 71.2 Å². The molecular weight excluding hydrogens is 322 g/mol. The summed E-state index contributed by atoms with van der Waals surface area (Å²) in [6.07, 6.45) is 0. The van der Waals surface area contributed by atoms with Crippen molar-refractivity contribution in [3.05, 3.63) is 76.8 Å². The lowest BCUT2D eigenvalue weighted by molar-refractivity contribution is 1.17. The van der Waals surface area contributed by atoms with Gasteiger partial charge < -0.3 is 4.57 Å². The van der Waals surface area contributed by atoms with Crippen LogP contribution in [0.25, 0.3) is 27.5 Å². The van der Waals surface area contributed by atoms with Crippen LogP contribution in [-0.2, 0) is 0 Å². The molecule has 3 aromatic carbocycles. The number of fused-ring (bicyclic) bond motifs is 3. The van der Waals surface area contributed by atoms with Crippen LogP contribution < -0.4 is 0 Å². The first kappa shape index (κ1) is 12.7. The van der Waals surface area contributed by atoms with Crippen LogP contribution in [-0.4, -0.2) is 4.57 Å². The summed E-state index contributed by atoms with van der Waals surface area (Å²) >= 11 is 3.79. The van der Waals surface area contributed by atoms with Gasteiger partial charge in [0.1, 0.15) is 0 Å². The Morgan fingerprint density at radius 3 is 2.29 bits per heavy atom. The van der Waals surface area contributed by atoms with E-state index in [9.17, 15) is 0 Å². The van der Waals surface area contributed by atoms with Crippen molar-refractivity contribution >= 4 is 37.7 Å². The fourth-order valence-electron chi connectivity index (χ4n) is 2.96. The number of aryl methyl sites for hydroxylation is 1. The molecule has 0 spiro atoms. The van der Waals surface area contributed by atoms with Crippen molar-refractivity contribution in [3.63, 3.8) is 0 Å². The number of para-hydroxylation sites is 2. The van der Waals surface area contributed by atoms with E-state index in [0.29, 0.717) is 0 Å². The first-order valence-corrected chi connectivity index (χ1v) is 7.80. The minimum absolute atomic E-state index is 1.17. The Balaban J connectivity index is 2.28. The Bertz CT molecular complexity index is 952. The minimum Gasteiger partial charge on any atom is -0.308 e. The minimum atomic E-state index is 1.17. The number of aromatic nitrogens is 1. The molecule has 0 bridgehead atoms. The third kappa shape index (κ3) is 1.83. The molecule has 0 saturated carbocycles. The van der Waals surface area contributed by atoms with E-state index in [-0.39, 0.29) is 0 Å². The maximum absolute atomic E-state index is 3.79. The molecule has 1 heterocycles. The number of benzene rings is 3.